The van der Waals surface area contributed by atoms with Gasteiger partial charge in [-0.15, -0.1) is 0 Å². The van der Waals surface area contributed by atoms with Gasteiger partial charge in [-0.2, -0.15) is 5.26 Å². The quantitative estimate of drug-likeness (QED) is 0.447. The lowest BCUT2D eigenvalue weighted by Crippen LogP contribution is -2.33. The number of aromatic nitrogens is 1. The van der Waals surface area contributed by atoms with Gasteiger partial charge in [0.05, 0.1) is 11.6 Å². The van der Waals surface area contributed by atoms with Crippen molar-refractivity contribution >= 4 is 17.5 Å². The summed E-state index contributed by atoms with van der Waals surface area (Å²) in [4.78, 5) is 32.4. The number of hydrogen-bond acceptors (Lipinski definition) is 3. The van der Waals surface area contributed by atoms with Gasteiger partial charge in [0, 0.05) is 43.5 Å². The first-order valence-corrected chi connectivity index (χ1v) is 12.3. The first-order chi connectivity index (χ1) is 17.0. The largest absolute Gasteiger partial charge is 0.357 e. The maximum Gasteiger partial charge on any atom is 0.270 e. The molecule has 2 aromatic carbocycles. The normalized spacial score (nSPS) is 15.3. The number of nitrogens with one attached hydrogen (secondary N) is 1. The highest BCUT2D eigenvalue weighted by Crippen LogP contribution is 2.33. The summed E-state index contributed by atoms with van der Waals surface area (Å²) < 4.78 is 0. The maximum absolute atomic E-state index is 12.9. The lowest BCUT2D eigenvalue weighted by molar-refractivity contribution is -0.117. The number of amides is 2. The molecule has 1 aromatic heterocycles. The van der Waals surface area contributed by atoms with Crippen LogP contribution >= 0.6 is 0 Å². The van der Waals surface area contributed by atoms with Crippen LogP contribution in [0.5, 0.6) is 0 Å². The smallest absolute Gasteiger partial charge is 0.270 e. The van der Waals surface area contributed by atoms with Crippen LogP contribution in [0.15, 0.2) is 60.8 Å². The zero-order chi connectivity index (χ0) is 24.8. The van der Waals surface area contributed by atoms with Gasteiger partial charge in [0.15, 0.2) is 0 Å². The van der Waals surface area contributed by atoms with Crippen molar-refractivity contribution < 1.29 is 9.59 Å². The molecule has 3 aromatic rings. The molecule has 6 nitrogen and oxygen atoms in total. The molecule has 35 heavy (non-hydrogen) atoms. The SMILES string of the molecule is CCCN(CCCC1CC(=O)N(c2cccc(-c3c(C)cccc3C#N)c2)C1)C(=O)c1ccc[nH]1. The summed E-state index contributed by atoms with van der Waals surface area (Å²) in [7, 11) is 0. The van der Waals surface area contributed by atoms with E-state index in [4.69, 9.17) is 0 Å². The minimum Gasteiger partial charge on any atom is -0.357 e. The van der Waals surface area contributed by atoms with Crippen molar-refractivity contribution in [2.75, 3.05) is 24.5 Å². The van der Waals surface area contributed by atoms with Crippen LogP contribution < -0.4 is 4.90 Å². The second kappa shape index (κ2) is 11.1. The molecule has 4 rings (SSSR count). The molecule has 2 amide bonds. The van der Waals surface area contributed by atoms with Gasteiger partial charge in [0.25, 0.3) is 5.91 Å². The first kappa shape index (κ1) is 24.3. The van der Waals surface area contributed by atoms with E-state index in [0.717, 1.165) is 48.2 Å². The van der Waals surface area contributed by atoms with E-state index >= 15 is 0 Å². The van der Waals surface area contributed by atoms with Crippen LogP contribution in [0.4, 0.5) is 5.69 Å². The summed E-state index contributed by atoms with van der Waals surface area (Å²) in [6.07, 6.45) is 4.97. The highest BCUT2D eigenvalue weighted by molar-refractivity contribution is 5.96. The van der Waals surface area contributed by atoms with Gasteiger partial charge >= 0.3 is 0 Å². The predicted molar refractivity (Wildman–Crippen MR) is 138 cm³/mol. The van der Waals surface area contributed by atoms with E-state index in [1.165, 1.54) is 0 Å². The van der Waals surface area contributed by atoms with E-state index in [9.17, 15) is 14.9 Å². The molecule has 1 aliphatic rings. The molecule has 0 aliphatic carbocycles. The van der Waals surface area contributed by atoms with Crippen molar-refractivity contribution in [2.24, 2.45) is 5.92 Å². The Balaban J connectivity index is 1.40. The van der Waals surface area contributed by atoms with Gasteiger partial charge < -0.3 is 14.8 Å². The molecular formula is C29H32N4O2. The van der Waals surface area contributed by atoms with E-state index in [-0.39, 0.29) is 17.7 Å². The maximum atomic E-state index is 12.9. The van der Waals surface area contributed by atoms with Gasteiger partial charge in [-0.1, -0.05) is 31.2 Å². The molecule has 180 valence electrons. The van der Waals surface area contributed by atoms with Crippen molar-refractivity contribution in [2.45, 2.75) is 39.5 Å². The van der Waals surface area contributed by atoms with Crippen LogP contribution in [0, 0.1) is 24.2 Å². The number of benzene rings is 2. The number of nitrogens with zero attached hydrogens (tertiary/aromatic N) is 3. The predicted octanol–water partition coefficient (Wildman–Crippen LogP) is 5.55. The Hall–Kier alpha value is -3.85. The summed E-state index contributed by atoms with van der Waals surface area (Å²) >= 11 is 0. The molecule has 1 unspecified atom stereocenters. The Kier molecular flexibility index (Phi) is 7.67. The molecule has 1 atom stereocenters. The minimum atomic E-state index is 0.0331. The number of nitriles is 1. The molecule has 0 bridgehead atoms. The van der Waals surface area contributed by atoms with Gasteiger partial charge in [-0.05, 0) is 73.6 Å². The average Bonchev–Trinajstić information content (AvgIpc) is 3.53. The summed E-state index contributed by atoms with van der Waals surface area (Å²) in [5.41, 5.74) is 5.04. The average molecular weight is 469 g/mol. The number of anilines is 1. The van der Waals surface area contributed by atoms with Gasteiger partial charge in [-0.25, -0.2) is 0 Å². The molecule has 1 aliphatic heterocycles. The Bertz CT molecular complexity index is 1230. The number of carbonyl (C=O) groups is 2. The number of hydrogen-bond donors (Lipinski definition) is 1. The van der Waals surface area contributed by atoms with Gasteiger partial charge in [-0.3, -0.25) is 9.59 Å². The van der Waals surface area contributed by atoms with Crippen LogP contribution in [0.1, 0.15) is 54.2 Å². The van der Waals surface area contributed by atoms with Crippen LogP contribution in [0.3, 0.4) is 0 Å². The fourth-order valence-electron chi connectivity index (χ4n) is 4.99. The van der Waals surface area contributed by atoms with Crippen molar-refractivity contribution in [3.05, 3.63) is 77.6 Å². The molecule has 0 saturated carbocycles. The molecular weight excluding hydrogens is 436 g/mol. The van der Waals surface area contributed by atoms with E-state index in [1.807, 2.05) is 71.3 Å². The van der Waals surface area contributed by atoms with Gasteiger partial charge in [0.1, 0.15) is 5.69 Å². The van der Waals surface area contributed by atoms with Crippen LogP contribution in [0.25, 0.3) is 11.1 Å². The standard InChI is InChI=1S/C29H32N4O2/c1-3-15-32(29(35)26-13-6-14-31-26)16-7-9-22-17-27(34)33(20-22)25-12-5-10-23(18-25)28-21(2)8-4-11-24(28)19-30/h4-6,8,10-14,18,22,31H,3,7,9,15-17,20H2,1-2H3. The van der Waals surface area contributed by atoms with Crippen molar-refractivity contribution in [3.63, 3.8) is 0 Å². The highest BCUT2D eigenvalue weighted by Gasteiger charge is 2.30. The molecule has 6 heteroatoms. The van der Waals surface area contributed by atoms with Crippen LogP contribution in [-0.4, -0.2) is 41.3 Å². The Morgan fingerprint density at radius 2 is 2.00 bits per heavy atom. The van der Waals surface area contributed by atoms with E-state index < -0.39 is 0 Å². The lowest BCUT2D eigenvalue weighted by Gasteiger charge is -2.22. The first-order valence-electron chi connectivity index (χ1n) is 12.3. The van der Waals surface area contributed by atoms with Crippen molar-refractivity contribution in [1.82, 2.24) is 9.88 Å². The summed E-state index contributed by atoms with van der Waals surface area (Å²) in [6, 6.07) is 19.6. The molecule has 2 heterocycles. The van der Waals surface area contributed by atoms with E-state index in [2.05, 4.69) is 18.0 Å². The molecule has 1 saturated heterocycles. The van der Waals surface area contributed by atoms with Gasteiger partial charge in [0.2, 0.25) is 5.91 Å². The Morgan fingerprint density at radius 1 is 1.17 bits per heavy atom. The third-order valence-corrected chi connectivity index (χ3v) is 6.69. The van der Waals surface area contributed by atoms with E-state index in [0.29, 0.717) is 30.8 Å². The fourth-order valence-corrected chi connectivity index (χ4v) is 4.99. The zero-order valence-corrected chi connectivity index (χ0v) is 20.5. The summed E-state index contributed by atoms with van der Waals surface area (Å²) in [5.74, 6) is 0.430. The molecule has 0 spiro atoms. The Labute approximate surface area is 207 Å². The Morgan fingerprint density at radius 3 is 2.74 bits per heavy atom. The second-order valence-corrected chi connectivity index (χ2v) is 9.25. The summed E-state index contributed by atoms with van der Waals surface area (Å²) in [6.45, 7) is 6.18. The third kappa shape index (κ3) is 5.46. The molecule has 1 N–H and O–H groups in total. The van der Waals surface area contributed by atoms with Crippen molar-refractivity contribution in [3.8, 4) is 17.2 Å². The van der Waals surface area contributed by atoms with Crippen LogP contribution in [0.2, 0.25) is 0 Å². The molecule has 1 fully saturated rings. The topological polar surface area (TPSA) is 80.2 Å². The van der Waals surface area contributed by atoms with E-state index in [1.54, 1.807) is 6.20 Å². The minimum absolute atomic E-state index is 0.0331. The number of carbonyl (C=O) groups excluding carboxylic acids is 2. The highest BCUT2D eigenvalue weighted by atomic mass is 16.2. The number of aromatic amines is 1. The summed E-state index contributed by atoms with van der Waals surface area (Å²) in [5, 5.41) is 9.56. The number of rotatable bonds is 9. The molecule has 0 radical (unpaired) electrons. The zero-order valence-electron chi connectivity index (χ0n) is 20.5. The van der Waals surface area contributed by atoms with Crippen LogP contribution in [-0.2, 0) is 4.79 Å². The van der Waals surface area contributed by atoms with Crippen molar-refractivity contribution in [1.29, 1.82) is 5.26 Å². The lowest BCUT2D eigenvalue weighted by atomic mass is 9.95. The second-order valence-electron chi connectivity index (χ2n) is 9.25. The fraction of sp³-hybridized carbons (Fsp3) is 0.345. The third-order valence-electron chi connectivity index (χ3n) is 6.69. The number of H-pyrrole nitrogens is 1. The number of aryl methyl sites for hydroxylation is 1. The monoisotopic (exact) mass is 468 g/mol.